The summed E-state index contributed by atoms with van der Waals surface area (Å²) in [6.45, 7) is 2.01. The first-order chi connectivity index (χ1) is 13.9. The number of rotatable bonds is 5. The van der Waals surface area contributed by atoms with Crippen molar-refractivity contribution < 1.29 is 8.42 Å². The van der Waals surface area contributed by atoms with Crippen molar-refractivity contribution in [3.05, 3.63) is 95.5 Å². The van der Waals surface area contributed by atoms with E-state index < -0.39 is 10.0 Å². The Balaban J connectivity index is 1.78. The van der Waals surface area contributed by atoms with Crippen molar-refractivity contribution in [2.75, 3.05) is 4.72 Å². The Bertz CT molecular complexity index is 1230. The summed E-state index contributed by atoms with van der Waals surface area (Å²) in [5.41, 5.74) is 3.46. The van der Waals surface area contributed by atoms with Gasteiger partial charge in [0.15, 0.2) is 0 Å². The number of nitrogens with one attached hydrogen (secondary N) is 1. The molecule has 0 amide bonds. The van der Waals surface area contributed by atoms with Gasteiger partial charge in [-0.05, 0) is 43.3 Å². The summed E-state index contributed by atoms with van der Waals surface area (Å²) in [4.78, 5) is 0.125. The second kappa shape index (κ2) is 7.73. The molecular formula is C22H18ClN3O2S. The molecule has 0 saturated carbocycles. The molecule has 5 nitrogen and oxygen atoms in total. The van der Waals surface area contributed by atoms with Gasteiger partial charge >= 0.3 is 0 Å². The van der Waals surface area contributed by atoms with E-state index in [0.717, 1.165) is 16.8 Å². The van der Waals surface area contributed by atoms with E-state index in [9.17, 15) is 8.42 Å². The molecule has 0 bridgehead atoms. The van der Waals surface area contributed by atoms with E-state index in [0.29, 0.717) is 16.5 Å². The molecule has 3 aromatic carbocycles. The molecule has 0 unspecified atom stereocenters. The zero-order valence-electron chi connectivity index (χ0n) is 15.6. The Hall–Kier alpha value is -3.09. The van der Waals surface area contributed by atoms with E-state index in [2.05, 4.69) is 9.82 Å². The fraction of sp³-hybridized carbons (Fsp3) is 0.0455. The molecule has 0 radical (unpaired) electrons. The molecule has 0 aliphatic rings. The van der Waals surface area contributed by atoms with E-state index in [1.54, 1.807) is 22.9 Å². The number of benzene rings is 3. The molecule has 0 fully saturated rings. The molecule has 7 heteroatoms. The highest BCUT2D eigenvalue weighted by molar-refractivity contribution is 7.92. The van der Waals surface area contributed by atoms with Crippen LogP contribution in [0.25, 0.3) is 16.9 Å². The van der Waals surface area contributed by atoms with Crippen LogP contribution in [0.1, 0.15) is 5.56 Å². The number of aromatic nitrogens is 2. The number of para-hydroxylation sites is 1. The maximum absolute atomic E-state index is 12.9. The summed E-state index contributed by atoms with van der Waals surface area (Å²) in [7, 11) is -3.81. The Kier molecular flexibility index (Phi) is 5.13. The Morgan fingerprint density at radius 1 is 0.897 bits per heavy atom. The second-order valence-electron chi connectivity index (χ2n) is 6.59. The number of nitrogens with zero attached hydrogens (tertiary/aromatic N) is 2. The summed E-state index contributed by atoms with van der Waals surface area (Å²) < 4.78 is 30.0. The molecule has 0 atom stereocenters. The average Bonchev–Trinajstić information content (AvgIpc) is 3.12. The monoisotopic (exact) mass is 423 g/mol. The fourth-order valence-corrected chi connectivity index (χ4v) is 4.05. The molecule has 0 spiro atoms. The minimum Gasteiger partial charge on any atom is -0.263 e. The van der Waals surface area contributed by atoms with Gasteiger partial charge in [-0.15, -0.1) is 0 Å². The van der Waals surface area contributed by atoms with Crippen molar-refractivity contribution in [3.8, 4) is 16.9 Å². The van der Waals surface area contributed by atoms with E-state index in [4.69, 9.17) is 11.6 Å². The summed E-state index contributed by atoms with van der Waals surface area (Å²) in [5, 5.41) is 5.11. The minimum absolute atomic E-state index is 0.125. The molecule has 4 rings (SSSR count). The molecular weight excluding hydrogens is 406 g/mol. The van der Waals surface area contributed by atoms with Crippen molar-refractivity contribution in [1.82, 2.24) is 9.78 Å². The Morgan fingerprint density at radius 2 is 1.55 bits per heavy atom. The van der Waals surface area contributed by atoms with Gasteiger partial charge in [-0.2, -0.15) is 5.10 Å². The van der Waals surface area contributed by atoms with Crippen molar-refractivity contribution in [1.29, 1.82) is 0 Å². The number of anilines is 1. The molecule has 0 aliphatic carbocycles. The Labute approximate surface area is 174 Å². The van der Waals surface area contributed by atoms with Gasteiger partial charge in [-0.3, -0.25) is 4.72 Å². The smallest absolute Gasteiger partial charge is 0.263 e. The number of hydrogen-bond donors (Lipinski definition) is 1. The molecule has 0 saturated heterocycles. The third kappa shape index (κ3) is 4.18. The number of hydrogen-bond acceptors (Lipinski definition) is 3. The molecule has 29 heavy (non-hydrogen) atoms. The highest BCUT2D eigenvalue weighted by Gasteiger charge is 2.19. The number of sulfonamides is 1. The zero-order chi connectivity index (χ0) is 20.4. The maximum Gasteiger partial charge on any atom is 0.263 e. The van der Waals surface area contributed by atoms with E-state index in [1.807, 2.05) is 61.5 Å². The highest BCUT2D eigenvalue weighted by atomic mass is 35.5. The molecule has 146 valence electrons. The van der Waals surface area contributed by atoms with Crippen LogP contribution in [0.5, 0.6) is 0 Å². The molecule has 1 N–H and O–H groups in total. The topological polar surface area (TPSA) is 64.0 Å². The van der Waals surface area contributed by atoms with Crippen molar-refractivity contribution >= 4 is 27.4 Å². The lowest BCUT2D eigenvalue weighted by atomic mass is 10.1. The summed E-state index contributed by atoms with van der Waals surface area (Å²) in [5.74, 6) is 0.349. The van der Waals surface area contributed by atoms with Gasteiger partial charge in [0.05, 0.1) is 16.3 Å². The first kappa shape index (κ1) is 19.2. The van der Waals surface area contributed by atoms with Gasteiger partial charge in [-0.25, -0.2) is 13.1 Å². The lowest BCUT2D eigenvalue weighted by Crippen LogP contribution is -2.15. The molecule has 4 aromatic rings. The largest absolute Gasteiger partial charge is 0.263 e. The van der Waals surface area contributed by atoms with Crippen molar-refractivity contribution in [2.45, 2.75) is 11.8 Å². The predicted octanol–water partition coefficient (Wildman–Crippen LogP) is 5.30. The van der Waals surface area contributed by atoms with Crippen LogP contribution in [-0.4, -0.2) is 18.2 Å². The SMILES string of the molecule is Cc1ccc(-c2cc(NS(=O)(=O)c3ccc(Cl)cc3)n(-c3ccccc3)n2)cc1. The predicted molar refractivity (Wildman–Crippen MR) is 116 cm³/mol. The third-order valence-electron chi connectivity index (χ3n) is 4.42. The third-order valence-corrected chi connectivity index (χ3v) is 6.04. The molecule has 1 heterocycles. The van der Waals surface area contributed by atoms with Gasteiger partial charge in [0.25, 0.3) is 10.0 Å². The van der Waals surface area contributed by atoms with Crippen molar-refractivity contribution in [3.63, 3.8) is 0 Å². The van der Waals surface area contributed by atoms with Gasteiger partial charge in [-0.1, -0.05) is 59.6 Å². The van der Waals surface area contributed by atoms with Gasteiger partial charge in [0, 0.05) is 16.7 Å². The first-order valence-corrected chi connectivity index (χ1v) is 10.8. The van der Waals surface area contributed by atoms with Crippen LogP contribution >= 0.6 is 11.6 Å². The average molecular weight is 424 g/mol. The zero-order valence-corrected chi connectivity index (χ0v) is 17.2. The standard InChI is InChI=1S/C22H18ClN3O2S/c1-16-7-9-17(10-8-16)21-15-22(26(24-21)19-5-3-2-4-6-19)25-29(27,28)20-13-11-18(23)12-14-20/h2-15,25H,1H3. The van der Waals surface area contributed by atoms with Crippen LogP contribution in [0, 0.1) is 6.92 Å². The van der Waals surface area contributed by atoms with Crippen LogP contribution in [0.2, 0.25) is 5.02 Å². The fourth-order valence-electron chi connectivity index (χ4n) is 2.90. The first-order valence-electron chi connectivity index (χ1n) is 8.93. The quantitative estimate of drug-likeness (QED) is 0.473. The van der Waals surface area contributed by atoms with Crippen molar-refractivity contribution in [2.24, 2.45) is 0 Å². The lowest BCUT2D eigenvalue weighted by Gasteiger charge is -2.10. The second-order valence-corrected chi connectivity index (χ2v) is 8.71. The number of aryl methyl sites for hydroxylation is 1. The van der Waals surface area contributed by atoms with Gasteiger partial charge < -0.3 is 0 Å². The van der Waals surface area contributed by atoms with Gasteiger partial charge in [0.2, 0.25) is 0 Å². The maximum atomic E-state index is 12.9. The normalized spacial score (nSPS) is 11.4. The van der Waals surface area contributed by atoms with E-state index >= 15 is 0 Å². The minimum atomic E-state index is -3.81. The van der Waals surface area contributed by atoms with Crippen LogP contribution in [0.4, 0.5) is 5.82 Å². The number of halogens is 1. The summed E-state index contributed by atoms with van der Waals surface area (Å²) >= 11 is 5.88. The lowest BCUT2D eigenvalue weighted by molar-refractivity contribution is 0.600. The van der Waals surface area contributed by atoms with Crippen LogP contribution in [-0.2, 0) is 10.0 Å². The molecule has 0 aliphatic heterocycles. The van der Waals surface area contributed by atoms with Gasteiger partial charge in [0.1, 0.15) is 5.82 Å². The van der Waals surface area contributed by atoms with E-state index in [-0.39, 0.29) is 4.90 Å². The Morgan fingerprint density at radius 3 is 2.21 bits per heavy atom. The molecule has 1 aromatic heterocycles. The van der Waals surface area contributed by atoms with Crippen LogP contribution in [0.15, 0.2) is 89.8 Å². The van der Waals surface area contributed by atoms with E-state index in [1.165, 1.54) is 12.1 Å². The van der Waals surface area contributed by atoms with Crippen LogP contribution < -0.4 is 4.72 Å². The summed E-state index contributed by atoms with van der Waals surface area (Å²) in [6.07, 6.45) is 0. The highest BCUT2D eigenvalue weighted by Crippen LogP contribution is 2.27. The summed E-state index contributed by atoms with van der Waals surface area (Å²) in [6, 6.07) is 25.0. The van der Waals surface area contributed by atoms with Crippen LogP contribution in [0.3, 0.4) is 0 Å².